The molecule has 0 aliphatic carbocycles. The summed E-state index contributed by atoms with van der Waals surface area (Å²) in [4.78, 5) is 11.1. The molecule has 11 heavy (non-hydrogen) atoms. The third kappa shape index (κ3) is 3.37. The molecular formula is C8H16O3. The summed E-state index contributed by atoms with van der Waals surface area (Å²) in [5.41, 5.74) is 0. The van der Waals surface area contributed by atoms with Crippen molar-refractivity contribution in [3.63, 3.8) is 0 Å². The van der Waals surface area contributed by atoms with Crippen molar-refractivity contribution in [2.24, 2.45) is 5.92 Å². The Morgan fingerprint density at radius 1 is 1.45 bits per heavy atom. The Balaban J connectivity index is 3.92. The number of rotatable bonds is 4. The predicted octanol–water partition coefficient (Wildman–Crippen LogP) is 1.22. The van der Waals surface area contributed by atoms with Crippen LogP contribution < -0.4 is 0 Å². The van der Waals surface area contributed by atoms with Gasteiger partial charge in [-0.2, -0.15) is 0 Å². The Hall–Kier alpha value is -0.570. The normalized spacial score (nSPS) is 13.2. The van der Waals surface area contributed by atoms with Gasteiger partial charge in [0.2, 0.25) is 0 Å². The number of esters is 1. The van der Waals surface area contributed by atoms with Crippen LogP contribution in [0.25, 0.3) is 0 Å². The van der Waals surface area contributed by atoms with E-state index in [1.54, 1.807) is 6.92 Å². The number of ether oxygens (including phenoxy) is 2. The van der Waals surface area contributed by atoms with Crippen LogP contribution in [0.3, 0.4) is 0 Å². The predicted molar refractivity (Wildman–Crippen MR) is 42.3 cm³/mol. The first kappa shape index (κ1) is 10.4. The molecule has 0 radical (unpaired) electrons. The fourth-order valence-electron chi connectivity index (χ4n) is 0.865. The minimum Gasteiger partial charge on any atom is -0.464 e. The third-order valence-electron chi connectivity index (χ3n) is 1.38. The van der Waals surface area contributed by atoms with E-state index in [2.05, 4.69) is 0 Å². The molecule has 0 aromatic carbocycles. The minimum absolute atomic E-state index is 0.166. The average molecular weight is 160 g/mol. The summed E-state index contributed by atoms with van der Waals surface area (Å²) in [6, 6.07) is 0. The maximum atomic E-state index is 11.1. The first-order valence-electron chi connectivity index (χ1n) is 3.82. The van der Waals surface area contributed by atoms with Gasteiger partial charge in [-0.25, -0.2) is 4.79 Å². The smallest absolute Gasteiger partial charge is 0.335 e. The highest BCUT2D eigenvalue weighted by molar-refractivity contribution is 5.74. The lowest BCUT2D eigenvalue weighted by atomic mass is 10.1. The quantitative estimate of drug-likeness (QED) is 0.580. The molecule has 0 spiro atoms. The molecule has 0 aromatic rings. The molecular weight excluding hydrogens is 144 g/mol. The van der Waals surface area contributed by atoms with Gasteiger partial charge in [0.15, 0.2) is 6.10 Å². The lowest BCUT2D eigenvalue weighted by Crippen LogP contribution is -2.30. The lowest BCUT2D eigenvalue weighted by Gasteiger charge is -2.16. The summed E-state index contributed by atoms with van der Waals surface area (Å²) in [5.74, 6) is -0.107. The zero-order valence-electron chi connectivity index (χ0n) is 7.59. The zero-order chi connectivity index (χ0) is 8.85. The van der Waals surface area contributed by atoms with E-state index in [-0.39, 0.29) is 11.9 Å². The Bertz CT molecular complexity index is 121. The van der Waals surface area contributed by atoms with Crippen LogP contribution in [0.2, 0.25) is 0 Å². The number of carbonyl (C=O) groups is 1. The maximum absolute atomic E-state index is 11.1. The molecule has 0 aliphatic rings. The Labute approximate surface area is 67.7 Å². The number of hydrogen-bond acceptors (Lipinski definition) is 3. The van der Waals surface area contributed by atoms with Gasteiger partial charge in [-0.3, -0.25) is 0 Å². The van der Waals surface area contributed by atoms with Crippen LogP contribution in [-0.2, 0) is 14.3 Å². The highest BCUT2D eigenvalue weighted by Crippen LogP contribution is 2.06. The van der Waals surface area contributed by atoms with Crippen LogP contribution in [0.5, 0.6) is 0 Å². The highest BCUT2D eigenvalue weighted by atomic mass is 16.6. The van der Waals surface area contributed by atoms with Gasteiger partial charge in [0.25, 0.3) is 0 Å². The van der Waals surface area contributed by atoms with Gasteiger partial charge in [0.05, 0.1) is 6.61 Å². The largest absolute Gasteiger partial charge is 0.464 e. The van der Waals surface area contributed by atoms with Crippen molar-refractivity contribution in [1.29, 1.82) is 0 Å². The van der Waals surface area contributed by atoms with E-state index in [1.807, 2.05) is 13.8 Å². The molecule has 0 heterocycles. The molecule has 3 nitrogen and oxygen atoms in total. The molecule has 0 bridgehead atoms. The summed E-state index contributed by atoms with van der Waals surface area (Å²) in [6.07, 6.45) is -0.421. The van der Waals surface area contributed by atoms with E-state index in [0.717, 1.165) is 0 Å². The third-order valence-corrected chi connectivity index (χ3v) is 1.38. The van der Waals surface area contributed by atoms with Crippen molar-refractivity contribution in [2.75, 3.05) is 13.7 Å². The summed E-state index contributed by atoms with van der Waals surface area (Å²) in [5, 5.41) is 0. The molecule has 1 atom stereocenters. The van der Waals surface area contributed by atoms with E-state index in [9.17, 15) is 4.79 Å². The topological polar surface area (TPSA) is 35.5 Å². The molecule has 0 fully saturated rings. The van der Waals surface area contributed by atoms with E-state index >= 15 is 0 Å². The molecule has 66 valence electrons. The molecule has 0 rings (SSSR count). The van der Waals surface area contributed by atoms with Crippen molar-refractivity contribution in [3.05, 3.63) is 0 Å². The van der Waals surface area contributed by atoms with Crippen LogP contribution in [0, 0.1) is 5.92 Å². The molecule has 0 N–H and O–H groups in total. The van der Waals surface area contributed by atoms with Crippen molar-refractivity contribution in [1.82, 2.24) is 0 Å². The SMILES string of the molecule is CCOC(=O)C(OC)C(C)C. The van der Waals surface area contributed by atoms with Crippen LogP contribution in [0.15, 0.2) is 0 Å². The van der Waals surface area contributed by atoms with Gasteiger partial charge in [0, 0.05) is 7.11 Å². The second-order valence-electron chi connectivity index (χ2n) is 2.65. The first-order chi connectivity index (χ1) is 5.13. The van der Waals surface area contributed by atoms with Gasteiger partial charge in [-0.05, 0) is 12.8 Å². The van der Waals surface area contributed by atoms with Crippen molar-refractivity contribution in [2.45, 2.75) is 26.9 Å². The fourth-order valence-corrected chi connectivity index (χ4v) is 0.865. The van der Waals surface area contributed by atoms with Crippen LogP contribution in [-0.4, -0.2) is 25.8 Å². The summed E-state index contributed by atoms with van der Waals surface area (Å²) in [7, 11) is 1.52. The van der Waals surface area contributed by atoms with Gasteiger partial charge < -0.3 is 9.47 Å². The molecule has 0 amide bonds. The Morgan fingerprint density at radius 2 is 2.00 bits per heavy atom. The second kappa shape index (κ2) is 5.13. The van der Waals surface area contributed by atoms with E-state index in [1.165, 1.54) is 7.11 Å². The van der Waals surface area contributed by atoms with Crippen LogP contribution in [0.1, 0.15) is 20.8 Å². The molecule has 0 aliphatic heterocycles. The first-order valence-corrected chi connectivity index (χ1v) is 3.82. The maximum Gasteiger partial charge on any atom is 0.335 e. The second-order valence-corrected chi connectivity index (χ2v) is 2.65. The summed E-state index contributed by atoms with van der Waals surface area (Å²) >= 11 is 0. The monoisotopic (exact) mass is 160 g/mol. The standard InChI is InChI=1S/C8H16O3/c1-5-11-8(9)7(10-4)6(2)3/h6-7H,5H2,1-4H3. The van der Waals surface area contributed by atoms with Crippen LogP contribution >= 0.6 is 0 Å². The van der Waals surface area contributed by atoms with Gasteiger partial charge >= 0.3 is 5.97 Å². The number of hydrogen-bond donors (Lipinski definition) is 0. The average Bonchev–Trinajstić information content (AvgIpc) is 1.88. The van der Waals surface area contributed by atoms with E-state index < -0.39 is 6.10 Å². The van der Waals surface area contributed by atoms with Gasteiger partial charge in [-0.1, -0.05) is 13.8 Å². The Morgan fingerprint density at radius 3 is 2.27 bits per heavy atom. The van der Waals surface area contributed by atoms with Crippen molar-refractivity contribution < 1.29 is 14.3 Å². The minimum atomic E-state index is -0.421. The molecule has 0 aromatic heterocycles. The van der Waals surface area contributed by atoms with Crippen molar-refractivity contribution in [3.8, 4) is 0 Å². The van der Waals surface area contributed by atoms with Crippen LogP contribution in [0.4, 0.5) is 0 Å². The molecule has 1 unspecified atom stereocenters. The fraction of sp³-hybridized carbons (Fsp3) is 0.875. The number of methoxy groups -OCH3 is 1. The summed E-state index contributed by atoms with van der Waals surface area (Å²) in [6.45, 7) is 6.03. The van der Waals surface area contributed by atoms with Gasteiger partial charge in [-0.15, -0.1) is 0 Å². The number of carbonyl (C=O) groups excluding carboxylic acids is 1. The zero-order valence-corrected chi connectivity index (χ0v) is 7.59. The molecule has 3 heteroatoms. The Kier molecular flexibility index (Phi) is 4.86. The van der Waals surface area contributed by atoms with E-state index in [0.29, 0.717) is 6.61 Å². The highest BCUT2D eigenvalue weighted by Gasteiger charge is 2.22. The lowest BCUT2D eigenvalue weighted by molar-refractivity contribution is -0.157. The van der Waals surface area contributed by atoms with E-state index in [4.69, 9.17) is 9.47 Å². The van der Waals surface area contributed by atoms with Crippen molar-refractivity contribution >= 4 is 5.97 Å². The summed E-state index contributed by atoms with van der Waals surface area (Å²) < 4.78 is 9.74. The molecule has 0 saturated heterocycles. The molecule has 0 saturated carbocycles. The van der Waals surface area contributed by atoms with Gasteiger partial charge in [0.1, 0.15) is 0 Å².